The number of likely N-dealkylation sites (N-methyl/N-ethyl adjacent to an activating group) is 1. The average molecular weight is 603 g/mol. The molecule has 0 bridgehead atoms. The van der Waals surface area contributed by atoms with Crippen molar-refractivity contribution in [2.24, 2.45) is 17.6 Å². The summed E-state index contributed by atoms with van der Waals surface area (Å²) >= 11 is 0. The van der Waals surface area contributed by atoms with Crippen molar-refractivity contribution in [2.75, 3.05) is 33.1 Å². The minimum absolute atomic E-state index is 0.0439. The first kappa shape index (κ1) is 29.9. The molecular weight excluding hydrogens is 564 g/mol. The highest BCUT2D eigenvalue weighted by molar-refractivity contribution is 6.24. The second-order valence-electron chi connectivity index (χ2n) is 12.9. The number of aliphatic hydroxyl groups excluding tert-OH is 2. The fraction of sp³-hybridized carbons (Fsp3) is 0.424. The van der Waals surface area contributed by atoms with Crippen LogP contribution < -0.4 is 16.0 Å². The van der Waals surface area contributed by atoms with Crippen LogP contribution in [0.25, 0.3) is 5.76 Å². The molecule has 11 heteroatoms. The van der Waals surface area contributed by atoms with Crippen molar-refractivity contribution in [2.45, 2.75) is 49.9 Å². The van der Waals surface area contributed by atoms with E-state index < -0.39 is 58.0 Å². The lowest BCUT2D eigenvalue weighted by atomic mass is 9.57. The number of benzene rings is 2. The van der Waals surface area contributed by atoms with Crippen LogP contribution in [0.1, 0.15) is 34.2 Å². The summed E-state index contributed by atoms with van der Waals surface area (Å²) in [6.45, 7) is 0.460. The van der Waals surface area contributed by atoms with Gasteiger partial charge in [-0.15, -0.1) is 0 Å². The molecule has 4 aliphatic rings. The van der Waals surface area contributed by atoms with Crippen molar-refractivity contribution in [3.05, 3.63) is 75.1 Å². The quantitative estimate of drug-likeness (QED) is 0.264. The Morgan fingerprint density at radius 2 is 1.68 bits per heavy atom. The van der Waals surface area contributed by atoms with E-state index in [0.717, 1.165) is 24.1 Å². The largest absolute Gasteiger partial charge is 0.508 e. The summed E-state index contributed by atoms with van der Waals surface area (Å²) in [4.78, 5) is 43.0. The van der Waals surface area contributed by atoms with Crippen molar-refractivity contribution in [1.29, 1.82) is 0 Å². The molecule has 0 spiro atoms. The number of phenolic OH excluding ortho intramolecular Hbond substituents is 1. The standard InChI is InChI=1S/C33H38N4O7/c1-36(2)26-18(14-35-19-9-15-7-5-6-8-16(15)10-19)13-22(38)24-20(26)11-17-12-21-27(37(3)4)29(40)25(32(34)43)31(42)33(21,44)30(41)23(17)28(24)39/h5-8,13,17,19,21,27,35,38-39,42,44H,9-12,14H2,1-4H3,(H2,34,43)/t17-,21-,27-,33-/m0/s1. The van der Waals surface area contributed by atoms with Gasteiger partial charge < -0.3 is 36.4 Å². The SMILES string of the molecule is CN(C)c1c(CNC2Cc3ccccc3C2)cc(O)c2c1C[C@H]1C[C@H]3[C@H](N(C)C)C(=O)C(C(N)=O)=C(O)[C@@]3(O)C(=O)C1=C2O. The van der Waals surface area contributed by atoms with Crippen LogP contribution in [-0.2, 0) is 40.2 Å². The van der Waals surface area contributed by atoms with E-state index in [2.05, 4.69) is 17.4 Å². The Kier molecular flexibility index (Phi) is 7.10. The molecule has 4 aliphatic carbocycles. The molecule has 0 radical (unpaired) electrons. The van der Waals surface area contributed by atoms with E-state index in [-0.39, 0.29) is 35.8 Å². The van der Waals surface area contributed by atoms with Gasteiger partial charge in [0.25, 0.3) is 5.91 Å². The second-order valence-corrected chi connectivity index (χ2v) is 12.9. The summed E-state index contributed by atoms with van der Waals surface area (Å²) in [5.74, 6) is -6.61. The zero-order chi connectivity index (χ0) is 31.8. The molecule has 0 aromatic heterocycles. The highest BCUT2D eigenvalue weighted by Crippen LogP contribution is 2.54. The fourth-order valence-corrected chi connectivity index (χ4v) is 8.02. The number of ketones is 2. The average Bonchev–Trinajstić information content (AvgIpc) is 3.36. The van der Waals surface area contributed by atoms with Crippen LogP contribution in [-0.4, -0.2) is 88.7 Å². The van der Waals surface area contributed by atoms with Crippen LogP contribution >= 0.6 is 0 Å². The highest BCUT2D eigenvalue weighted by Gasteiger charge is 2.64. The Morgan fingerprint density at radius 1 is 1.05 bits per heavy atom. The molecule has 2 aromatic rings. The van der Waals surface area contributed by atoms with E-state index in [1.165, 1.54) is 16.0 Å². The zero-order valence-electron chi connectivity index (χ0n) is 25.2. The Labute approximate surface area is 255 Å². The van der Waals surface area contributed by atoms with Gasteiger partial charge in [0.1, 0.15) is 22.8 Å². The number of hydrogen-bond acceptors (Lipinski definition) is 10. The van der Waals surface area contributed by atoms with E-state index in [1.807, 2.05) is 31.1 Å². The van der Waals surface area contributed by atoms with Gasteiger partial charge in [0.2, 0.25) is 5.78 Å². The summed E-state index contributed by atoms with van der Waals surface area (Å²) < 4.78 is 0. The Hall–Kier alpha value is -4.19. The summed E-state index contributed by atoms with van der Waals surface area (Å²) in [7, 11) is 6.91. The maximum absolute atomic E-state index is 14.1. The number of Topliss-reactive ketones (excluding diaryl/α,β-unsaturated/α-hetero) is 2. The van der Waals surface area contributed by atoms with Crippen LogP contribution in [0.3, 0.4) is 0 Å². The van der Waals surface area contributed by atoms with Crippen LogP contribution in [0, 0.1) is 11.8 Å². The fourth-order valence-electron chi connectivity index (χ4n) is 8.02. The van der Waals surface area contributed by atoms with Crippen molar-refractivity contribution in [1.82, 2.24) is 10.2 Å². The summed E-state index contributed by atoms with van der Waals surface area (Å²) in [5.41, 5.74) is 6.73. The normalized spacial score (nSPS) is 26.5. The number of hydrogen-bond donors (Lipinski definition) is 6. The molecule has 0 heterocycles. The molecule has 6 rings (SSSR count). The molecule has 7 N–H and O–H groups in total. The monoisotopic (exact) mass is 602 g/mol. The number of nitrogens with zero attached hydrogens (tertiary/aromatic N) is 2. The minimum atomic E-state index is -2.66. The number of aliphatic hydroxyl groups is 3. The molecule has 0 saturated heterocycles. The zero-order valence-corrected chi connectivity index (χ0v) is 25.2. The van der Waals surface area contributed by atoms with E-state index in [1.54, 1.807) is 20.2 Å². The first-order valence-corrected chi connectivity index (χ1v) is 14.8. The van der Waals surface area contributed by atoms with Gasteiger partial charge in [-0.05, 0) is 74.0 Å². The third-order valence-electron chi connectivity index (χ3n) is 9.85. The summed E-state index contributed by atoms with van der Waals surface area (Å²) in [6.07, 6.45) is 2.08. The molecule has 1 saturated carbocycles. The van der Waals surface area contributed by atoms with Crippen LogP contribution in [0.4, 0.5) is 5.69 Å². The van der Waals surface area contributed by atoms with Gasteiger partial charge in [0, 0.05) is 43.9 Å². The van der Waals surface area contributed by atoms with Gasteiger partial charge >= 0.3 is 0 Å². The summed E-state index contributed by atoms with van der Waals surface area (Å²) in [6, 6.07) is 9.03. The third kappa shape index (κ3) is 4.25. The number of nitrogens with two attached hydrogens (primary N) is 1. The molecule has 1 fully saturated rings. The van der Waals surface area contributed by atoms with Gasteiger partial charge in [-0.3, -0.25) is 19.3 Å². The molecule has 0 aliphatic heterocycles. The Morgan fingerprint density at radius 3 is 2.25 bits per heavy atom. The molecule has 1 amide bonds. The lowest BCUT2D eigenvalue weighted by Crippen LogP contribution is -2.65. The molecule has 0 unspecified atom stereocenters. The third-order valence-corrected chi connectivity index (χ3v) is 9.85. The number of carbonyl (C=O) groups excluding carboxylic acids is 3. The molecule has 4 atom stereocenters. The van der Waals surface area contributed by atoms with Crippen molar-refractivity contribution >= 4 is 28.9 Å². The van der Waals surface area contributed by atoms with E-state index in [0.29, 0.717) is 12.1 Å². The Balaban J connectivity index is 1.42. The van der Waals surface area contributed by atoms with Gasteiger partial charge in [-0.25, -0.2) is 0 Å². The van der Waals surface area contributed by atoms with E-state index in [9.17, 15) is 34.8 Å². The summed E-state index contributed by atoms with van der Waals surface area (Å²) in [5, 5.41) is 49.3. The van der Waals surface area contributed by atoms with Crippen LogP contribution in [0.15, 0.2) is 47.2 Å². The van der Waals surface area contributed by atoms with Gasteiger partial charge in [0.05, 0.1) is 11.6 Å². The topological polar surface area (TPSA) is 177 Å². The number of phenols is 1. The number of primary amides is 1. The lowest BCUT2D eigenvalue weighted by Gasteiger charge is -2.50. The van der Waals surface area contributed by atoms with E-state index >= 15 is 0 Å². The second kappa shape index (κ2) is 10.5. The number of aromatic hydroxyl groups is 1. The van der Waals surface area contributed by atoms with Crippen LogP contribution in [0.5, 0.6) is 5.75 Å². The minimum Gasteiger partial charge on any atom is -0.508 e. The maximum atomic E-state index is 14.1. The van der Waals surface area contributed by atoms with Crippen LogP contribution in [0.2, 0.25) is 0 Å². The lowest BCUT2D eigenvalue weighted by molar-refractivity contribution is -0.153. The van der Waals surface area contributed by atoms with Gasteiger partial charge in [0.15, 0.2) is 11.4 Å². The number of carbonyl (C=O) groups is 3. The predicted octanol–water partition coefficient (Wildman–Crippen LogP) is 1.29. The van der Waals surface area contributed by atoms with E-state index in [4.69, 9.17) is 5.73 Å². The number of fused-ring (bicyclic) bond motifs is 4. The van der Waals surface area contributed by atoms with Crippen molar-refractivity contribution < 1.29 is 34.8 Å². The maximum Gasteiger partial charge on any atom is 0.255 e. The first-order chi connectivity index (χ1) is 20.8. The van der Waals surface area contributed by atoms with Crippen molar-refractivity contribution in [3.8, 4) is 5.75 Å². The van der Waals surface area contributed by atoms with Gasteiger partial charge in [-0.1, -0.05) is 24.3 Å². The smallest absolute Gasteiger partial charge is 0.255 e. The number of anilines is 1. The molecule has 232 valence electrons. The van der Waals surface area contributed by atoms with Gasteiger partial charge in [-0.2, -0.15) is 0 Å². The molecular formula is C33H38N4O7. The molecule has 44 heavy (non-hydrogen) atoms. The molecule has 2 aromatic carbocycles. The molecule has 11 nitrogen and oxygen atoms in total. The number of amides is 1. The van der Waals surface area contributed by atoms with Crippen molar-refractivity contribution in [3.63, 3.8) is 0 Å². The number of nitrogens with one attached hydrogen (secondary N) is 1. The number of rotatable bonds is 6. The first-order valence-electron chi connectivity index (χ1n) is 14.8. The Bertz CT molecular complexity index is 1650. The predicted molar refractivity (Wildman–Crippen MR) is 163 cm³/mol. The highest BCUT2D eigenvalue weighted by atomic mass is 16.3.